The van der Waals surface area contributed by atoms with Crippen molar-refractivity contribution < 1.29 is 13.2 Å². The van der Waals surface area contributed by atoms with Gasteiger partial charge in [0.1, 0.15) is 5.75 Å². The predicted octanol–water partition coefficient (Wildman–Crippen LogP) is 3.47. The van der Waals surface area contributed by atoms with Gasteiger partial charge in [-0.15, -0.1) is 0 Å². The van der Waals surface area contributed by atoms with Crippen molar-refractivity contribution in [3.8, 4) is 5.75 Å². The Morgan fingerprint density at radius 2 is 1.83 bits per heavy atom. The first-order valence-electron chi connectivity index (χ1n) is 8.83. The van der Waals surface area contributed by atoms with Crippen LogP contribution in [0.25, 0.3) is 0 Å². The molecular weight excluding hydrogens is 322 g/mol. The summed E-state index contributed by atoms with van der Waals surface area (Å²) in [5, 5.41) is 0. The van der Waals surface area contributed by atoms with Gasteiger partial charge in [-0.3, -0.25) is 4.90 Å². The van der Waals surface area contributed by atoms with Gasteiger partial charge in [-0.2, -0.15) is 0 Å². The van der Waals surface area contributed by atoms with Gasteiger partial charge in [-0.05, 0) is 49.4 Å². The zero-order chi connectivity index (χ0) is 17.9. The maximum atomic E-state index is 11.5. The lowest BCUT2D eigenvalue weighted by molar-refractivity contribution is 0.194. The Kier molecular flexibility index (Phi) is 6.32. The second-order valence-corrected chi connectivity index (χ2v) is 9.70. The second kappa shape index (κ2) is 7.87. The molecule has 0 spiro atoms. The van der Waals surface area contributed by atoms with Crippen LogP contribution in [0.5, 0.6) is 5.75 Å². The molecule has 0 aliphatic carbocycles. The van der Waals surface area contributed by atoms with Gasteiger partial charge in [0.05, 0.1) is 11.5 Å². The number of hydrogen-bond acceptors (Lipinski definition) is 4. The molecule has 1 aromatic carbocycles. The topological polar surface area (TPSA) is 46.6 Å². The van der Waals surface area contributed by atoms with Gasteiger partial charge in [0.25, 0.3) is 0 Å². The van der Waals surface area contributed by atoms with E-state index in [-0.39, 0.29) is 0 Å². The van der Waals surface area contributed by atoms with Crippen LogP contribution in [0.3, 0.4) is 0 Å². The fourth-order valence-electron chi connectivity index (χ4n) is 3.17. The number of sulfone groups is 1. The molecule has 1 aromatic rings. The largest absolute Gasteiger partial charge is 0.493 e. The van der Waals surface area contributed by atoms with Gasteiger partial charge >= 0.3 is 0 Å². The number of ether oxygens (including phenoxy) is 1. The monoisotopic (exact) mass is 353 g/mol. The predicted molar refractivity (Wildman–Crippen MR) is 98.2 cm³/mol. The molecule has 0 bridgehead atoms. The summed E-state index contributed by atoms with van der Waals surface area (Å²) >= 11 is 0. The van der Waals surface area contributed by atoms with E-state index in [4.69, 9.17) is 4.74 Å². The molecule has 2 rings (SSSR count). The van der Waals surface area contributed by atoms with E-state index in [9.17, 15) is 8.42 Å². The molecular formula is C19H31NO3S. The van der Waals surface area contributed by atoms with Gasteiger partial charge in [-0.25, -0.2) is 8.42 Å². The molecule has 136 valence electrons. The van der Waals surface area contributed by atoms with Gasteiger partial charge in [0.15, 0.2) is 9.84 Å². The molecule has 1 heterocycles. The minimum absolute atomic E-state index is 0.332. The van der Waals surface area contributed by atoms with Crippen molar-refractivity contribution in [3.63, 3.8) is 0 Å². The fourth-order valence-corrected chi connectivity index (χ4v) is 3.80. The number of hydrogen-bond donors (Lipinski definition) is 0. The average Bonchev–Trinajstić information content (AvgIpc) is 2.84. The first-order valence-corrected chi connectivity index (χ1v) is 10.7. The van der Waals surface area contributed by atoms with Crippen LogP contribution in [0.1, 0.15) is 34.1 Å². The maximum absolute atomic E-state index is 11.5. The van der Waals surface area contributed by atoms with E-state index >= 15 is 0 Å². The lowest BCUT2D eigenvalue weighted by Gasteiger charge is -2.26. The molecule has 1 aliphatic heterocycles. The van der Waals surface area contributed by atoms with Crippen molar-refractivity contribution >= 4 is 9.84 Å². The number of rotatable bonds is 7. The summed E-state index contributed by atoms with van der Waals surface area (Å²) in [4.78, 5) is 2.91. The third-order valence-corrected chi connectivity index (χ3v) is 6.32. The Morgan fingerprint density at radius 1 is 1.21 bits per heavy atom. The highest BCUT2D eigenvalue weighted by Crippen LogP contribution is 2.26. The van der Waals surface area contributed by atoms with E-state index in [1.54, 1.807) is 24.3 Å². The zero-order valence-corrected chi connectivity index (χ0v) is 16.3. The zero-order valence-electron chi connectivity index (χ0n) is 15.5. The molecule has 0 radical (unpaired) electrons. The number of benzene rings is 1. The number of nitrogens with zero attached hydrogens (tertiary/aromatic N) is 1. The molecule has 3 unspecified atom stereocenters. The molecule has 4 nitrogen and oxygen atoms in total. The van der Waals surface area contributed by atoms with E-state index in [1.165, 1.54) is 6.26 Å². The lowest BCUT2D eigenvalue weighted by Crippen LogP contribution is -2.33. The van der Waals surface area contributed by atoms with Crippen molar-refractivity contribution in [2.24, 2.45) is 17.8 Å². The molecule has 5 heteroatoms. The van der Waals surface area contributed by atoms with Gasteiger partial charge < -0.3 is 4.74 Å². The molecule has 0 N–H and O–H groups in total. The van der Waals surface area contributed by atoms with Crippen LogP contribution in [0, 0.1) is 17.8 Å². The Balaban J connectivity index is 1.85. The maximum Gasteiger partial charge on any atom is 0.175 e. The Bertz CT molecular complexity index is 625. The normalized spacial score (nSPS) is 23.6. The van der Waals surface area contributed by atoms with Crippen LogP contribution in [-0.2, 0) is 9.84 Å². The van der Waals surface area contributed by atoms with Crippen LogP contribution in [0.4, 0.5) is 0 Å². The highest BCUT2D eigenvalue weighted by atomic mass is 32.2. The molecule has 0 aromatic heterocycles. The Hall–Kier alpha value is -1.07. The standard InChI is InChI=1S/C19H31NO3S/c1-14(2)15(3)11-20-12-17(10-16(20)4)13-23-18-6-8-19(9-7-18)24(5,21)22/h6-9,14-17H,10-13H2,1-5H3. The van der Waals surface area contributed by atoms with Crippen molar-refractivity contribution in [2.45, 2.75) is 45.1 Å². The Labute approximate surface area is 147 Å². The molecule has 24 heavy (non-hydrogen) atoms. The van der Waals surface area contributed by atoms with Crippen LogP contribution in [0.15, 0.2) is 29.2 Å². The van der Waals surface area contributed by atoms with Crippen molar-refractivity contribution in [1.82, 2.24) is 4.90 Å². The Morgan fingerprint density at radius 3 is 2.38 bits per heavy atom. The third kappa shape index (κ3) is 5.21. The van der Waals surface area contributed by atoms with E-state index in [2.05, 4.69) is 32.6 Å². The molecule has 0 saturated carbocycles. The van der Waals surface area contributed by atoms with E-state index in [0.717, 1.165) is 25.3 Å². The van der Waals surface area contributed by atoms with Crippen molar-refractivity contribution in [1.29, 1.82) is 0 Å². The summed E-state index contributed by atoms with van der Waals surface area (Å²) in [6.07, 6.45) is 2.38. The summed E-state index contributed by atoms with van der Waals surface area (Å²) < 4.78 is 28.8. The van der Waals surface area contributed by atoms with Crippen molar-refractivity contribution in [2.75, 3.05) is 26.0 Å². The smallest absolute Gasteiger partial charge is 0.175 e. The first kappa shape index (κ1) is 19.3. The minimum atomic E-state index is -3.15. The number of likely N-dealkylation sites (tertiary alicyclic amines) is 1. The van der Waals surface area contributed by atoms with Crippen LogP contribution >= 0.6 is 0 Å². The van der Waals surface area contributed by atoms with Gasteiger partial charge in [0, 0.05) is 31.3 Å². The van der Waals surface area contributed by atoms with E-state index in [0.29, 0.717) is 35.3 Å². The van der Waals surface area contributed by atoms with Crippen LogP contribution in [-0.4, -0.2) is 45.3 Å². The molecule has 0 amide bonds. The second-order valence-electron chi connectivity index (χ2n) is 7.68. The highest BCUT2D eigenvalue weighted by Gasteiger charge is 2.30. The lowest BCUT2D eigenvalue weighted by atomic mass is 9.97. The first-order chi connectivity index (χ1) is 11.2. The van der Waals surface area contributed by atoms with Crippen LogP contribution < -0.4 is 4.74 Å². The third-order valence-electron chi connectivity index (χ3n) is 5.19. The summed E-state index contributed by atoms with van der Waals surface area (Å²) in [5.41, 5.74) is 0. The summed E-state index contributed by atoms with van der Waals surface area (Å²) in [6, 6.07) is 7.31. The van der Waals surface area contributed by atoms with E-state index in [1.807, 2.05) is 0 Å². The fraction of sp³-hybridized carbons (Fsp3) is 0.684. The van der Waals surface area contributed by atoms with Crippen molar-refractivity contribution in [3.05, 3.63) is 24.3 Å². The highest BCUT2D eigenvalue weighted by molar-refractivity contribution is 7.90. The minimum Gasteiger partial charge on any atom is -0.493 e. The summed E-state index contributed by atoms with van der Waals surface area (Å²) in [6.45, 7) is 12.1. The van der Waals surface area contributed by atoms with Gasteiger partial charge in [-0.1, -0.05) is 20.8 Å². The molecule has 3 atom stereocenters. The average molecular weight is 354 g/mol. The van der Waals surface area contributed by atoms with Crippen LogP contribution in [0.2, 0.25) is 0 Å². The molecule has 1 aliphatic rings. The molecule has 1 fully saturated rings. The summed E-state index contributed by atoms with van der Waals surface area (Å²) in [5.74, 6) is 2.69. The molecule has 1 saturated heterocycles. The van der Waals surface area contributed by atoms with Gasteiger partial charge in [0.2, 0.25) is 0 Å². The van der Waals surface area contributed by atoms with E-state index < -0.39 is 9.84 Å². The quantitative estimate of drug-likeness (QED) is 0.753. The SMILES string of the molecule is CC(C)C(C)CN1CC(COc2ccc(S(C)(=O)=O)cc2)CC1C. The summed E-state index contributed by atoms with van der Waals surface area (Å²) in [7, 11) is -3.15.